The molecule has 0 saturated carbocycles. The van der Waals surface area contributed by atoms with Gasteiger partial charge in [-0.05, 0) is 87.7 Å². The lowest BCUT2D eigenvalue weighted by Crippen LogP contribution is -2.15. The lowest BCUT2D eigenvalue weighted by molar-refractivity contribution is 0.0555. The average molecular weight is 559 g/mol. The maximum atomic E-state index is 13.1. The number of methoxy groups -OCH3 is 4. The van der Waals surface area contributed by atoms with E-state index in [0.29, 0.717) is 0 Å². The number of hydrogen-bond donors (Lipinski definition) is 0. The van der Waals surface area contributed by atoms with Crippen LogP contribution in [0, 0.1) is 0 Å². The summed E-state index contributed by atoms with van der Waals surface area (Å²) in [5.74, 6) is 0.270. The van der Waals surface area contributed by atoms with Crippen molar-refractivity contribution >= 4 is 11.9 Å². The van der Waals surface area contributed by atoms with Gasteiger partial charge in [0.15, 0.2) is 0 Å². The minimum atomic E-state index is -0.621. The summed E-state index contributed by atoms with van der Waals surface area (Å²) in [6.45, 7) is 13.1. The van der Waals surface area contributed by atoms with E-state index in [2.05, 4.69) is 65.8 Å². The molecule has 41 heavy (non-hydrogen) atoms. The number of hydrogen-bond acceptors (Lipinski definition) is 6. The van der Waals surface area contributed by atoms with Gasteiger partial charge in [0.25, 0.3) is 0 Å². The summed E-state index contributed by atoms with van der Waals surface area (Å²) in [6.07, 6.45) is 2.50. The Bertz CT molecular complexity index is 1390. The number of aryl methyl sites for hydroxylation is 2. The van der Waals surface area contributed by atoms with Crippen LogP contribution in [0.1, 0.15) is 90.9 Å². The van der Waals surface area contributed by atoms with Crippen LogP contribution in [0.5, 0.6) is 11.5 Å². The molecule has 0 aliphatic heterocycles. The lowest BCUT2D eigenvalue weighted by Gasteiger charge is -2.26. The zero-order valence-corrected chi connectivity index (χ0v) is 26.0. The van der Waals surface area contributed by atoms with Gasteiger partial charge >= 0.3 is 11.9 Å². The largest absolute Gasteiger partial charge is 0.496 e. The van der Waals surface area contributed by atoms with Crippen LogP contribution in [0.25, 0.3) is 22.3 Å². The Hall–Kier alpha value is -3.80. The number of rotatable bonds is 4. The SMILES string of the molecule is COC(=O)c1cc2c(cc1C(=O)OC)-c1cc(C(C)(C)C)cc(c1OC)CCCc1cc(C(C)(C)C)cc-2c1OC. The summed E-state index contributed by atoms with van der Waals surface area (Å²) in [4.78, 5) is 26.2. The number of benzene rings is 3. The summed E-state index contributed by atoms with van der Waals surface area (Å²) in [7, 11) is 5.97. The molecule has 3 aromatic rings. The Morgan fingerprint density at radius 2 is 0.927 bits per heavy atom. The molecule has 6 nitrogen and oxygen atoms in total. The molecule has 0 saturated heterocycles. The first-order valence-corrected chi connectivity index (χ1v) is 14.0. The number of esters is 2. The van der Waals surface area contributed by atoms with Crippen molar-refractivity contribution in [1.29, 1.82) is 0 Å². The van der Waals surface area contributed by atoms with E-state index < -0.39 is 11.9 Å². The molecular formula is C35H42O6. The van der Waals surface area contributed by atoms with Gasteiger partial charge in [-0.3, -0.25) is 0 Å². The van der Waals surface area contributed by atoms with E-state index in [0.717, 1.165) is 75.3 Å². The molecule has 4 rings (SSSR count). The molecule has 0 unspecified atom stereocenters. The van der Waals surface area contributed by atoms with E-state index in [1.165, 1.54) is 14.2 Å². The zero-order valence-electron chi connectivity index (χ0n) is 26.0. The summed E-state index contributed by atoms with van der Waals surface area (Å²) in [5.41, 5.74) is 7.68. The van der Waals surface area contributed by atoms with Gasteiger partial charge in [0.1, 0.15) is 11.5 Å². The highest BCUT2D eigenvalue weighted by Crippen LogP contribution is 2.48. The van der Waals surface area contributed by atoms with E-state index in [-0.39, 0.29) is 22.0 Å². The van der Waals surface area contributed by atoms with Crippen molar-refractivity contribution in [1.82, 2.24) is 0 Å². The van der Waals surface area contributed by atoms with Crippen molar-refractivity contribution in [2.24, 2.45) is 0 Å². The predicted molar refractivity (Wildman–Crippen MR) is 163 cm³/mol. The molecule has 0 radical (unpaired) electrons. The molecule has 1 aliphatic carbocycles. The van der Waals surface area contributed by atoms with E-state index in [9.17, 15) is 9.59 Å². The third-order valence-corrected chi connectivity index (χ3v) is 7.91. The number of ether oxygens (including phenoxy) is 4. The maximum absolute atomic E-state index is 13.1. The van der Waals surface area contributed by atoms with Crippen molar-refractivity contribution in [2.45, 2.75) is 71.6 Å². The normalized spacial score (nSPS) is 13.0. The molecule has 0 amide bonds. The van der Waals surface area contributed by atoms with Crippen molar-refractivity contribution < 1.29 is 28.5 Å². The van der Waals surface area contributed by atoms with Crippen LogP contribution in [0.15, 0.2) is 36.4 Å². The average Bonchev–Trinajstić information content (AvgIpc) is 2.93. The maximum Gasteiger partial charge on any atom is 0.338 e. The summed E-state index contributed by atoms with van der Waals surface area (Å²) < 4.78 is 22.4. The summed E-state index contributed by atoms with van der Waals surface area (Å²) in [6, 6.07) is 12.2. The minimum absolute atomic E-state index is 0.129. The van der Waals surface area contributed by atoms with Gasteiger partial charge in [0, 0.05) is 11.1 Å². The van der Waals surface area contributed by atoms with E-state index >= 15 is 0 Å². The second-order valence-corrected chi connectivity index (χ2v) is 12.7. The smallest absolute Gasteiger partial charge is 0.338 e. The summed E-state index contributed by atoms with van der Waals surface area (Å²) in [5, 5.41) is 0. The fraction of sp³-hybridized carbons (Fsp3) is 0.429. The van der Waals surface area contributed by atoms with Crippen molar-refractivity contribution in [2.75, 3.05) is 28.4 Å². The van der Waals surface area contributed by atoms with E-state index in [1.807, 2.05) is 0 Å². The first-order chi connectivity index (χ1) is 19.2. The Balaban J connectivity index is 2.28. The van der Waals surface area contributed by atoms with E-state index in [4.69, 9.17) is 18.9 Å². The predicted octanol–water partition coefficient (Wildman–Crippen LogP) is 7.69. The van der Waals surface area contributed by atoms with Crippen molar-refractivity contribution in [3.63, 3.8) is 0 Å². The minimum Gasteiger partial charge on any atom is -0.496 e. The van der Waals surface area contributed by atoms with Crippen LogP contribution >= 0.6 is 0 Å². The number of carbonyl (C=O) groups excluding carboxylic acids is 2. The van der Waals surface area contributed by atoms with Crippen LogP contribution in [0.2, 0.25) is 0 Å². The van der Waals surface area contributed by atoms with Crippen LogP contribution in [0.3, 0.4) is 0 Å². The molecule has 0 aromatic heterocycles. The molecule has 0 fully saturated rings. The Labute approximate surface area is 244 Å². The third kappa shape index (κ3) is 5.70. The third-order valence-electron chi connectivity index (χ3n) is 7.91. The topological polar surface area (TPSA) is 71.1 Å². The number of carbonyl (C=O) groups is 2. The molecule has 3 aromatic carbocycles. The standard InChI is InChI=1S/C35H42O6/c1-34(2,3)22-14-20-12-11-13-21-15-23(35(4,5)6)17-27(31(21)39-8)25-19-29(33(37)41-10)28(32(36)40-9)18-24(25)26(16-22)30(20)38-7/h14-19H,11-13H2,1-10H3. The van der Waals surface area contributed by atoms with Crippen LogP contribution in [-0.2, 0) is 33.1 Å². The highest BCUT2D eigenvalue weighted by atomic mass is 16.5. The van der Waals surface area contributed by atoms with Crippen molar-refractivity contribution in [3.05, 3.63) is 69.8 Å². The molecule has 0 heterocycles. The van der Waals surface area contributed by atoms with Crippen LogP contribution < -0.4 is 9.47 Å². The highest BCUT2D eigenvalue weighted by molar-refractivity contribution is 6.07. The van der Waals surface area contributed by atoms with Gasteiger partial charge in [0.2, 0.25) is 0 Å². The molecule has 0 atom stereocenters. The van der Waals surface area contributed by atoms with Gasteiger partial charge in [0.05, 0.1) is 39.6 Å². The first kappa shape index (κ1) is 30.2. The lowest BCUT2D eigenvalue weighted by atomic mass is 9.80. The zero-order chi connectivity index (χ0) is 30.3. The molecular weight excluding hydrogens is 516 g/mol. The fourth-order valence-corrected chi connectivity index (χ4v) is 5.57. The van der Waals surface area contributed by atoms with Gasteiger partial charge in [-0.25, -0.2) is 9.59 Å². The second-order valence-electron chi connectivity index (χ2n) is 12.7. The quantitative estimate of drug-likeness (QED) is 0.306. The van der Waals surface area contributed by atoms with E-state index in [1.54, 1.807) is 26.4 Å². The van der Waals surface area contributed by atoms with Gasteiger partial charge in [-0.2, -0.15) is 0 Å². The Morgan fingerprint density at radius 3 is 1.22 bits per heavy atom. The van der Waals surface area contributed by atoms with Gasteiger partial charge in [-0.1, -0.05) is 53.7 Å². The monoisotopic (exact) mass is 558 g/mol. The molecule has 218 valence electrons. The van der Waals surface area contributed by atoms with Crippen molar-refractivity contribution in [3.8, 4) is 33.8 Å². The first-order valence-electron chi connectivity index (χ1n) is 14.0. The molecule has 1 aliphatic rings. The second kappa shape index (κ2) is 11.2. The molecule has 4 bridgehead atoms. The van der Waals surface area contributed by atoms with Crippen LogP contribution in [0.4, 0.5) is 0 Å². The summed E-state index contributed by atoms with van der Waals surface area (Å²) >= 11 is 0. The molecule has 0 spiro atoms. The van der Waals surface area contributed by atoms with Crippen LogP contribution in [-0.4, -0.2) is 40.4 Å². The highest BCUT2D eigenvalue weighted by Gasteiger charge is 2.30. The fourth-order valence-electron chi connectivity index (χ4n) is 5.57. The van der Waals surface area contributed by atoms with Gasteiger partial charge < -0.3 is 18.9 Å². The molecule has 6 heteroatoms. The Kier molecular flexibility index (Phi) is 8.26. The van der Waals surface area contributed by atoms with Gasteiger partial charge in [-0.15, -0.1) is 0 Å². The number of fused-ring (bicyclic) bond motifs is 7. The molecule has 0 N–H and O–H groups in total. The Morgan fingerprint density at radius 1 is 0.561 bits per heavy atom.